The molecule has 2 nitrogen and oxygen atoms in total. The molecule has 0 bridgehead atoms. The lowest BCUT2D eigenvalue weighted by Crippen LogP contribution is -2.43. The van der Waals surface area contributed by atoms with Gasteiger partial charge in [-0.3, -0.25) is 4.79 Å². The van der Waals surface area contributed by atoms with Crippen LogP contribution in [0.25, 0.3) is 11.6 Å². The summed E-state index contributed by atoms with van der Waals surface area (Å²) in [5.41, 5.74) is 9.01. The first-order chi connectivity index (χ1) is 12.5. The molecule has 0 unspecified atom stereocenters. The Labute approximate surface area is 166 Å². The highest BCUT2D eigenvalue weighted by Crippen LogP contribution is 2.32. The first kappa shape index (κ1) is 21.3. The summed E-state index contributed by atoms with van der Waals surface area (Å²) in [4.78, 5) is 14.7. The molecule has 143 valence electrons. The lowest BCUT2D eigenvalue weighted by molar-refractivity contribution is -0.129. The monoisotopic (exact) mass is 362 g/mol. The smallest absolute Gasteiger partial charge is 0.253 e. The molecular formula is C24H33BNO. The maximum atomic E-state index is 12.9. The zero-order valence-electron chi connectivity index (χ0n) is 18.3. The second-order valence-electron chi connectivity index (χ2n) is 8.74. The Morgan fingerprint density at radius 3 is 2.44 bits per heavy atom. The van der Waals surface area contributed by atoms with Crippen LogP contribution in [0, 0.1) is 0 Å². The highest BCUT2D eigenvalue weighted by molar-refractivity contribution is 6.57. The van der Waals surface area contributed by atoms with Crippen LogP contribution in [-0.4, -0.2) is 30.7 Å². The number of allylic oxidation sites excluding steroid dienone is 2. The number of benzene rings is 1. The van der Waals surface area contributed by atoms with E-state index in [1.807, 2.05) is 27.8 Å². The second kappa shape index (κ2) is 7.92. The van der Waals surface area contributed by atoms with Gasteiger partial charge in [-0.2, -0.15) is 0 Å². The van der Waals surface area contributed by atoms with Crippen LogP contribution in [0.15, 0.2) is 35.4 Å². The van der Waals surface area contributed by atoms with E-state index in [1.54, 1.807) is 4.90 Å². The molecule has 0 saturated carbocycles. The molecule has 3 heteroatoms. The molecule has 2 rings (SSSR count). The summed E-state index contributed by atoms with van der Waals surface area (Å²) in [6.07, 6.45) is 4.01. The average Bonchev–Trinajstić information content (AvgIpc) is 2.58. The van der Waals surface area contributed by atoms with Gasteiger partial charge in [-0.05, 0) is 88.2 Å². The fourth-order valence-electron chi connectivity index (χ4n) is 3.44. The summed E-state index contributed by atoms with van der Waals surface area (Å²) >= 11 is 0. The summed E-state index contributed by atoms with van der Waals surface area (Å²) in [6.45, 7) is 18.9. The average molecular weight is 362 g/mol. The lowest BCUT2D eigenvalue weighted by atomic mass is 9.57. The van der Waals surface area contributed by atoms with Crippen LogP contribution in [0.5, 0.6) is 0 Å². The molecule has 0 saturated heterocycles. The molecule has 1 aliphatic rings. The van der Waals surface area contributed by atoms with E-state index in [0.717, 1.165) is 18.3 Å². The van der Waals surface area contributed by atoms with Crippen molar-refractivity contribution in [3.8, 4) is 0 Å². The van der Waals surface area contributed by atoms with Crippen molar-refractivity contribution in [1.29, 1.82) is 0 Å². The van der Waals surface area contributed by atoms with E-state index in [9.17, 15) is 4.79 Å². The predicted molar refractivity (Wildman–Crippen MR) is 120 cm³/mol. The number of aryl methyl sites for hydroxylation is 1. The van der Waals surface area contributed by atoms with Crippen molar-refractivity contribution in [2.45, 2.75) is 66.7 Å². The molecule has 1 heterocycles. The molecule has 1 aromatic rings. The third kappa shape index (κ3) is 4.46. The van der Waals surface area contributed by atoms with Crippen LogP contribution < -0.4 is 5.46 Å². The fourth-order valence-corrected chi connectivity index (χ4v) is 3.44. The van der Waals surface area contributed by atoms with Crippen LogP contribution in [0.4, 0.5) is 0 Å². The van der Waals surface area contributed by atoms with Crippen LogP contribution in [0.1, 0.15) is 65.2 Å². The summed E-state index contributed by atoms with van der Waals surface area (Å²) < 4.78 is 0. The Morgan fingerprint density at radius 2 is 1.93 bits per heavy atom. The van der Waals surface area contributed by atoms with E-state index in [2.05, 4.69) is 59.8 Å². The van der Waals surface area contributed by atoms with Crippen LogP contribution >= 0.6 is 0 Å². The summed E-state index contributed by atoms with van der Waals surface area (Å²) in [5, 5.41) is 0. The van der Waals surface area contributed by atoms with E-state index in [1.165, 1.54) is 33.3 Å². The Balaban J connectivity index is 2.51. The van der Waals surface area contributed by atoms with Crippen molar-refractivity contribution < 1.29 is 4.79 Å². The zero-order chi connectivity index (χ0) is 20.5. The van der Waals surface area contributed by atoms with Gasteiger partial charge in [0.1, 0.15) is 0 Å². The Morgan fingerprint density at radius 1 is 1.30 bits per heavy atom. The van der Waals surface area contributed by atoms with Gasteiger partial charge < -0.3 is 4.90 Å². The van der Waals surface area contributed by atoms with Gasteiger partial charge in [0.15, 0.2) is 7.28 Å². The number of likely N-dealkylation sites (N-methyl/N-ethyl adjacent to an activating group) is 1. The normalized spacial score (nSPS) is 13.6. The largest absolute Gasteiger partial charge is 0.337 e. The number of fused-ring (bicyclic) bond motifs is 1. The molecule has 1 aromatic carbocycles. The predicted octanol–water partition coefficient (Wildman–Crippen LogP) is 5.02. The molecule has 0 aromatic heterocycles. The van der Waals surface area contributed by atoms with Crippen LogP contribution in [-0.2, 0) is 11.2 Å². The molecule has 0 fully saturated rings. The highest BCUT2D eigenvalue weighted by atomic mass is 16.2. The van der Waals surface area contributed by atoms with E-state index in [0.29, 0.717) is 5.57 Å². The van der Waals surface area contributed by atoms with Gasteiger partial charge in [0.05, 0.1) is 0 Å². The molecule has 1 aliphatic heterocycles. The molecule has 0 aliphatic carbocycles. The van der Waals surface area contributed by atoms with Crippen molar-refractivity contribution in [2.75, 3.05) is 7.05 Å². The van der Waals surface area contributed by atoms with Gasteiger partial charge >= 0.3 is 0 Å². The van der Waals surface area contributed by atoms with Gasteiger partial charge in [-0.1, -0.05) is 36.7 Å². The van der Waals surface area contributed by atoms with Crippen molar-refractivity contribution in [3.05, 3.63) is 52.1 Å². The summed E-state index contributed by atoms with van der Waals surface area (Å²) in [7, 11) is 4.09. The number of amides is 1. The minimum absolute atomic E-state index is 0.00315. The lowest BCUT2D eigenvalue weighted by Gasteiger charge is -2.34. The van der Waals surface area contributed by atoms with Crippen molar-refractivity contribution in [1.82, 2.24) is 4.90 Å². The van der Waals surface area contributed by atoms with Crippen LogP contribution in [0.3, 0.4) is 0 Å². The van der Waals surface area contributed by atoms with Gasteiger partial charge in [-0.25, -0.2) is 0 Å². The van der Waals surface area contributed by atoms with E-state index in [-0.39, 0.29) is 11.4 Å². The number of carbonyl (C=O) groups is 1. The summed E-state index contributed by atoms with van der Waals surface area (Å²) in [6, 6.07) is 4.58. The molecule has 0 N–H and O–H groups in total. The third-order valence-electron chi connectivity index (χ3n) is 5.45. The molecular weight excluding hydrogens is 329 g/mol. The van der Waals surface area contributed by atoms with Crippen molar-refractivity contribution in [2.24, 2.45) is 0 Å². The van der Waals surface area contributed by atoms with Crippen molar-refractivity contribution >= 4 is 30.3 Å². The quantitative estimate of drug-likeness (QED) is 0.544. The van der Waals surface area contributed by atoms with Gasteiger partial charge in [0, 0.05) is 18.2 Å². The van der Waals surface area contributed by atoms with Crippen molar-refractivity contribution in [3.63, 3.8) is 0 Å². The maximum absolute atomic E-state index is 12.9. The van der Waals surface area contributed by atoms with E-state index >= 15 is 0 Å². The highest BCUT2D eigenvalue weighted by Gasteiger charge is 2.28. The standard InChI is InChI=1S/C24H33BNO/c1-10-18-13-22-20(12-19(18)11-15(2)3)16(4)21(14-25-22)17(5)23(27)26(9)24(6,7)8/h11-13H,5,10,14H2,1-4,6-9H3. The minimum atomic E-state index is -0.225. The zero-order valence-corrected chi connectivity index (χ0v) is 18.3. The van der Waals surface area contributed by atoms with Gasteiger partial charge in [0.25, 0.3) is 5.91 Å². The number of hydrogen-bond acceptors (Lipinski definition) is 1. The topological polar surface area (TPSA) is 20.3 Å². The molecule has 0 atom stereocenters. The maximum Gasteiger partial charge on any atom is 0.253 e. The SMILES string of the molecule is C=C(C(=O)N(C)C(C)(C)C)C1=C(C)c2cc(C=C(C)C)c(CC)cc2[B]C1. The fraction of sp³-hybridized carbons (Fsp3) is 0.458. The number of carbonyl (C=O) groups excluding carboxylic acids is 1. The number of hydrogen-bond donors (Lipinski definition) is 0. The number of rotatable bonds is 4. The Hall–Kier alpha value is -2.03. The van der Waals surface area contributed by atoms with E-state index in [4.69, 9.17) is 0 Å². The molecule has 27 heavy (non-hydrogen) atoms. The third-order valence-corrected chi connectivity index (χ3v) is 5.45. The van der Waals surface area contributed by atoms with E-state index < -0.39 is 0 Å². The Kier molecular flexibility index (Phi) is 6.24. The first-order valence-corrected chi connectivity index (χ1v) is 9.80. The second-order valence-corrected chi connectivity index (χ2v) is 8.74. The van der Waals surface area contributed by atoms with Crippen LogP contribution in [0.2, 0.25) is 6.32 Å². The van der Waals surface area contributed by atoms with Gasteiger partial charge in [0.2, 0.25) is 0 Å². The summed E-state index contributed by atoms with van der Waals surface area (Å²) in [5.74, 6) is 0.00315. The number of nitrogens with zero attached hydrogens (tertiary/aromatic N) is 1. The Bertz CT molecular complexity index is 833. The first-order valence-electron chi connectivity index (χ1n) is 9.80. The molecule has 1 amide bonds. The molecule has 0 spiro atoms. The molecule has 1 radical (unpaired) electrons. The minimum Gasteiger partial charge on any atom is -0.337 e. The van der Waals surface area contributed by atoms with Gasteiger partial charge in [-0.15, -0.1) is 0 Å².